The van der Waals surface area contributed by atoms with E-state index in [2.05, 4.69) is 26.2 Å². The van der Waals surface area contributed by atoms with Gasteiger partial charge in [0, 0.05) is 46.3 Å². The van der Waals surface area contributed by atoms with Crippen LogP contribution in [0.5, 0.6) is 5.75 Å². The number of aromatic nitrogens is 1. The Morgan fingerprint density at radius 1 is 1.28 bits per heavy atom. The molecule has 1 aliphatic heterocycles. The standard InChI is InChI=1S/C21H21BrClN3O3/c1-29-18-5-4-17(23)12-15(18)2-7-20(27)26-10-8-14(9-11-26)21(28)25-19-6-3-16(22)13-24-19/h2-7,12-14H,8-11H2,1H3,(H,24,25,28)/b7-2+. The molecular formula is C21H21BrClN3O3. The minimum Gasteiger partial charge on any atom is -0.496 e. The van der Waals surface area contributed by atoms with E-state index in [0.717, 1.165) is 10.0 Å². The average Bonchev–Trinajstić information content (AvgIpc) is 2.74. The number of pyridine rings is 1. The van der Waals surface area contributed by atoms with Crippen molar-refractivity contribution in [2.24, 2.45) is 5.92 Å². The smallest absolute Gasteiger partial charge is 0.246 e. The number of benzene rings is 1. The fourth-order valence-electron chi connectivity index (χ4n) is 3.14. The van der Waals surface area contributed by atoms with Gasteiger partial charge in [0.1, 0.15) is 11.6 Å². The Labute approximate surface area is 183 Å². The lowest BCUT2D eigenvalue weighted by atomic mass is 9.96. The number of carbonyl (C=O) groups is 2. The first kappa shape index (κ1) is 21.3. The van der Waals surface area contributed by atoms with Gasteiger partial charge in [0.05, 0.1) is 7.11 Å². The van der Waals surface area contributed by atoms with Gasteiger partial charge in [0.25, 0.3) is 0 Å². The lowest BCUT2D eigenvalue weighted by molar-refractivity contribution is -0.130. The lowest BCUT2D eigenvalue weighted by Crippen LogP contribution is -2.40. The van der Waals surface area contributed by atoms with Gasteiger partial charge in [-0.2, -0.15) is 0 Å². The van der Waals surface area contributed by atoms with Gasteiger partial charge in [-0.3, -0.25) is 9.59 Å². The van der Waals surface area contributed by atoms with Crippen LogP contribution in [0.4, 0.5) is 5.82 Å². The lowest BCUT2D eigenvalue weighted by Gasteiger charge is -2.30. The number of nitrogens with one attached hydrogen (secondary N) is 1. The number of ether oxygens (including phenoxy) is 1. The number of hydrogen-bond donors (Lipinski definition) is 1. The van der Waals surface area contributed by atoms with Gasteiger partial charge in [-0.25, -0.2) is 4.98 Å². The van der Waals surface area contributed by atoms with Gasteiger partial charge >= 0.3 is 0 Å². The number of nitrogens with zero attached hydrogens (tertiary/aromatic N) is 2. The molecule has 2 amide bonds. The molecule has 152 valence electrons. The topological polar surface area (TPSA) is 71.5 Å². The highest BCUT2D eigenvalue weighted by molar-refractivity contribution is 9.10. The van der Waals surface area contributed by atoms with E-state index in [1.54, 1.807) is 48.5 Å². The molecular weight excluding hydrogens is 458 g/mol. The summed E-state index contributed by atoms with van der Waals surface area (Å²) in [7, 11) is 1.57. The van der Waals surface area contributed by atoms with Crippen LogP contribution in [0.2, 0.25) is 5.02 Å². The molecule has 0 aliphatic carbocycles. The molecule has 2 aromatic rings. The van der Waals surface area contributed by atoms with Crippen molar-refractivity contribution in [2.45, 2.75) is 12.8 Å². The predicted molar refractivity (Wildman–Crippen MR) is 117 cm³/mol. The molecule has 2 heterocycles. The van der Waals surface area contributed by atoms with E-state index in [1.165, 1.54) is 6.08 Å². The summed E-state index contributed by atoms with van der Waals surface area (Å²) >= 11 is 9.34. The molecule has 0 spiro atoms. The molecule has 0 bridgehead atoms. The van der Waals surface area contributed by atoms with E-state index >= 15 is 0 Å². The molecule has 0 saturated carbocycles. The number of hydrogen-bond acceptors (Lipinski definition) is 4. The van der Waals surface area contributed by atoms with E-state index in [9.17, 15) is 9.59 Å². The molecule has 8 heteroatoms. The second kappa shape index (κ2) is 9.89. The van der Waals surface area contributed by atoms with Crippen molar-refractivity contribution in [3.63, 3.8) is 0 Å². The maximum atomic E-state index is 12.5. The molecule has 29 heavy (non-hydrogen) atoms. The Balaban J connectivity index is 1.53. The van der Waals surface area contributed by atoms with E-state index in [1.807, 2.05) is 6.07 Å². The molecule has 0 unspecified atom stereocenters. The second-order valence-electron chi connectivity index (χ2n) is 6.67. The van der Waals surface area contributed by atoms with E-state index in [4.69, 9.17) is 16.3 Å². The fourth-order valence-corrected chi connectivity index (χ4v) is 3.56. The zero-order valence-corrected chi connectivity index (χ0v) is 18.2. The molecule has 0 radical (unpaired) electrons. The Kier molecular flexibility index (Phi) is 7.28. The van der Waals surface area contributed by atoms with Crippen LogP contribution < -0.4 is 10.1 Å². The summed E-state index contributed by atoms with van der Waals surface area (Å²) in [5.41, 5.74) is 0.740. The number of amides is 2. The first-order valence-electron chi connectivity index (χ1n) is 9.19. The van der Waals surface area contributed by atoms with Crippen molar-refractivity contribution in [2.75, 3.05) is 25.5 Å². The van der Waals surface area contributed by atoms with Gasteiger partial charge in [-0.1, -0.05) is 11.6 Å². The van der Waals surface area contributed by atoms with Crippen LogP contribution in [0, 0.1) is 5.92 Å². The summed E-state index contributed by atoms with van der Waals surface area (Å²) in [6.07, 6.45) is 6.08. The third kappa shape index (κ3) is 5.81. The van der Waals surface area contributed by atoms with Gasteiger partial charge < -0.3 is 15.0 Å². The van der Waals surface area contributed by atoms with Crippen molar-refractivity contribution >= 4 is 51.2 Å². The van der Waals surface area contributed by atoms with Crippen LogP contribution >= 0.6 is 27.5 Å². The van der Waals surface area contributed by atoms with Crippen molar-refractivity contribution in [1.29, 1.82) is 0 Å². The summed E-state index contributed by atoms with van der Waals surface area (Å²) in [4.78, 5) is 30.8. The first-order chi connectivity index (χ1) is 14.0. The number of rotatable bonds is 5. The summed E-state index contributed by atoms with van der Waals surface area (Å²) in [6, 6.07) is 8.81. The Morgan fingerprint density at radius 2 is 2.03 bits per heavy atom. The molecule has 1 saturated heterocycles. The molecule has 1 aliphatic rings. The van der Waals surface area contributed by atoms with E-state index in [0.29, 0.717) is 42.5 Å². The number of carbonyl (C=O) groups excluding carboxylic acids is 2. The zero-order chi connectivity index (χ0) is 20.8. The monoisotopic (exact) mass is 477 g/mol. The van der Waals surface area contributed by atoms with Crippen LogP contribution in [0.1, 0.15) is 18.4 Å². The number of halogens is 2. The number of anilines is 1. The highest BCUT2D eigenvalue weighted by atomic mass is 79.9. The predicted octanol–water partition coefficient (Wildman–Crippen LogP) is 4.40. The van der Waals surface area contributed by atoms with Crippen molar-refractivity contribution < 1.29 is 14.3 Å². The third-order valence-corrected chi connectivity index (χ3v) is 5.46. The van der Waals surface area contributed by atoms with Crippen molar-refractivity contribution in [3.05, 3.63) is 57.7 Å². The highest BCUT2D eigenvalue weighted by Crippen LogP contribution is 2.24. The average molecular weight is 479 g/mol. The summed E-state index contributed by atoms with van der Waals surface area (Å²) < 4.78 is 6.14. The molecule has 3 rings (SSSR count). The van der Waals surface area contributed by atoms with E-state index in [-0.39, 0.29) is 17.7 Å². The zero-order valence-electron chi connectivity index (χ0n) is 15.9. The van der Waals surface area contributed by atoms with Crippen molar-refractivity contribution in [3.8, 4) is 5.75 Å². The van der Waals surface area contributed by atoms with Crippen LogP contribution in [0.15, 0.2) is 47.1 Å². The molecule has 1 fully saturated rings. The Bertz CT molecular complexity index is 910. The Hall–Kier alpha value is -2.38. The largest absolute Gasteiger partial charge is 0.496 e. The second-order valence-corrected chi connectivity index (χ2v) is 8.02. The summed E-state index contributed by atoms with van der Waals surface area (Å²) in [5.74, 6) is 0.874. The van der Waals surface area contributed by atoms with Crippen LogP contribution in [0.25, 0.3) is 6.08 Å². The molecule has 6 nitrogen and oxygen atoms in total. The van der Waals surface area contributed by atoms with Gasteiger partial charge in [0.15, 0.2) is 0 Å². The van der Waals surface area contributed by atoms with Crippen LogP contribution in [0.3, 0.4) is 0 Å². The number of piperidine rings is 1. The molecule has 1 N–H and O–H groups in total. The number of methoxy groups -OCH3 is 1. The fraction of sp³-hybridized carbons (Fsp3) is 0.286. The summed E-state index contributed by atoms with van der Waals surface area (Å²) in [5, 5.41) is 3.41. The van der Waals surface area contributed by atoms with Crippen LogP contribution in [-0.2, 0) is 9.59 Å². The molecule has 1 aromatic carbocycles. The Morgan fingerprint density at radius 3 is 2.69 bits per heavy atom. The SMILES string of the molecule is COc1ccc(Cl)cc1/C=C/C(=O)N1CCC(C(=O)Nc2ccc(Br)cn2)CC1. The first-order valence-corrected chi connectivity index (χ1v) is 10.4. The highest BCUT2D eigenvalue weighted by Gasteiger charge is 2.26. The maximum Gasteiger partial charge on any atom is 0.246 e. The third-order valence-electron chi connectivity index (χ3n) is 4.75. The van der Waals surface area contributed by atoms with Gasteiger partial charge in [-0.05, 0) is 65.2 Å². The van der Waals surface area contributed by atoms with Gasteiger partial charge in [0.2, 0.25) is 11.8 Å². The van der Waals surface area contributed by atoms with Gasteiger partial charge in [-0.15, -0.1) is 0 Å². The quantitative estimate of drug-likeness (QED) is 0.647. The maximum absolute atomic E-state index is 12.5. The van der Waals surface area contributed by atoms with Crippen LogP contribution in [-0.4, -0.2) is 41.9 Å². The minimum atomic E-state index is -0.137. The normalized spacial score (nSPS) is 14.8. The minimum absolute atomic E-state index is 0.0638. The summed E-state index contributed by atoms with van der Waals surface area (Å²) in [6.45, 7) is 1.06. The molecule has 1 aromatic heterocycles. The van der Waals surface area contributed by atoms with Crippen molar-refractivity contribution in [1.82, 2.24) is 9.88 Å². The van der Waals surface area contributed by atoms with E-state index < -0.39 is 0 Å². The number of likely N-dealkylation sites (tertiary alicyclic amines) is 1. The molecule has 0 atom stereocenters.